The van der Waals surface area contributed by atoms with Crippen molar-refractivity contribution in [3.05, 3.63) is 34.1 Å². The Balaban J connectivity index is 0.00000149. The van der Waals surface area contributed by atoms with Crippen LogP contribution < -0.4 is 10.3 Å². The van der Waals surface area contributed by atoms with Gasteiger partial charge in [-0.15, -0.1) is 0 Å². The molecule has 0 unspecified atom stereocenters. The van der Waals surface area contributed by atoms with Crippen LogP contribution in [0, 0.1) is 11.7 Å². The summed E-state index contributed by atoms with van der Waals surface area (Å²) < 4.78 is 31.5. The number of hydrogen-bond donors (Lipinski definition) is 1. The van der Waals surface area contributed by atoms with Crippen LogP contribution in [0.15, 0.2) is 16.9 Å². The molecule has 1 N–H and O–H groups in total. The van der Waals surface area contributed by atoms with Crippen LogP contribution >= 0.6 is 0 Å². The summed E-state index contributed by atoms with van der Waals surface area (Å²) in [7, 11) is 0. The standard InChI is InChI=1S/C22H28FN3O5.C2H6/c1-14(27)26-6-2-15(3-7-26)12-30-17-10-18(23)21-19(11-17)24-20(25-22(21)28)13-31-16-4-8-29-9-5-16;1-2/h10-11,15-16H,2-9,12-13H2,1H3,(H,24,25,28);1-2H3. The highest BCUT2D eigenvalue weighted by molar-refractivity contribution is 5.79. The summed E-state index contributed by atoms with van der Waals surface area (Å²) in [5.41, 5.74) is -0.285. The Morgan fingerprint density at radius 3 is 2.58 bits per heavy atom. The molecular weight excluding hydrogens is 429 g/mol. The molecule has 8 nitrogen and oxygen atoms in total. The van der Waals surface area contributed by atoms with E-state index in [-0.39, 0.29) is 29.5 Å². The van der Waals surface area contributed by atoms with Gasteiger partial charge in [0.05, 0.1) is 18.2 Å². The van der Waals surface area contributed by atoms with Crippen LogP contribution in [-0.4, -0.2) is 59.8 Å². The fourth-order valence-corrected chi connectivity index (χ4v) is 4.07. The SMILES string of the molecule is CC.CC(=O)N1CCC(COc2cc(F)c3c(=O)[nH]c(COC4CCOCC4)nc3c2)CC1. The molecule has 2 aromatic rings. The first-order valence-corrected chi connectivity index (χ1v) is 11.8. The van der Waals surface area contributed by atoms with Gasteiger partial charge < -0.3 is 24.1 Å². The number of rotatable bonds is 6. The molecule has 1 amide bonds. The van der Waals surface area contributed by atoms with Gasteiger partial charge in [-0.3, -0.25) is 9.59 Å². The molecule has 0 saturated carbocycles. The van der Waals surface area contributed by atoms with Gasteiger partial charge in [0, 0.05) is 45.4 Å². The van der Waals surface area contributed by atoms with Gasteiger partial charge in [0.15, 0.2) is 0 Å². The van der Waals surface area contributed by atoms with E-state index < -0.39 is 11.4 Å². The largest absolute Gasteiger partial charge is 0.493 e. The first kappa shape index (κ1) is 25.1. The summed E-state index contributed by atoms with van der Waals surface area (Å²) in [5.74, 6) is 0.420. The maximum atomic E-state index is 14.6. The van der Waals surface area contributed by atoms with E-state index in [0.29, 0.717) is 50.4 Å². The monoisotopic (exact) mass is 463 g/mol. The minimum Gasteiger partial charge on any atom is -0.493 e. The minimum atomic E-state index is -0.662. The molecule has 1 aromatic heterocycles. The van der Waals surface area contributed by atoms with Crippen LogP contribution in [0.25, 0.3) is 10.9 Å². The van der Waals surface area contributed by atoms with Crippen molar-refractivity contribution in [3.8, 4) is 5.75 Å². The molecule has 2 saturated heterocycles. The summed E-state index contributed by atoms with van der Waals surface area (Å²) in [6.45, 7) is 8.90. The topological polar surface area (TPSA) is 93.8 Å². The van der Waals surface area contributed by atoms with E-state index in [2.05, 4.69) is 9.97 Å². The first-order valence-electron chi connectivity index (χ1n) is 11.8. The molecule has 0 aliphatic carbocycles. The number of halogens is 1. The van der Waals surface area contributed by atoms with Crippen molar-refractivity contribution in [2.45, 2.75) is 59.2 Å². The first-order chi connectivity index (χ1) is 16.0. The number of ether oxygens (including phenoxy) is 3. The molecule has 0 atom stereocenters. The third kappa shape index (κ3) is 6.74. The molecule has 33 heavy (non-hydrogen) atoms. The average Bonchev–Trinajstić information content (AvgIpc) is 2.83. The molecule has 0 spiro atoms. The fourth-order valence-electron chi connectivity index (χ4n) is 4.07. The van der Waals surface area contributed by atoms with Crippen LogP contribution in [0.1, 0.15) is 52.3 Å². The zero-order valence-corrected chi connectivity index (χ0v) is 19.7. The van der Waals surface area contributed by atoms with E-state index in [1.165, 1.54) is 6.07 Å². The van der Waals surface area contributed by atoms with Crippen LogP contribution in [0.2, 0.25) is 0 Å². The number of piperidine rings is 1. The van der Waals surface area contributed by atoms with Crippen LogP contribution in [0.3, 0.4) is 0 Å². The second-order valence-corrected chi connectivity index (χ2v) is 8.20. The summed E-state index contributed by atoms with van der Waals surface area (Å²) in [6, 6.07) is 2.82. The molecule has 3 heterocycles. The van der Waals surface area contributed by atoms with E-state index >= 15 is 0 Å². The summed E-state index contributed by atoms with van der Waals surface area (Å²) in [6.07, 6.45) is 3.37. The predicted molar refractivity (Wildman–Crippen MR) is 123 cm³/mol. The van der Waals surface area contributed by atoms with Gasteiger partial charge >= 0.3 is 0 Å². The highest BCUT2D eigenvalue weighted by atomic mass is 19.1. The molecule has 4 rings (SSSR count). The quantitative estimate of drug-likeness (QED) is 0.706. The van der Waals surface area contributed by atoms with Crippen LogP contribution in [-0.2, 0) is 20.9 Å². The van der Waals surface area contributed by atoms with E-state index in [9.17, 15) is 14.0 Å². The number of carbonyl (C=O) groups is 1. The van der Waals surface area contributed by atoms with Crippen molar-refractivity contribution in [3.63, 3.8) is 0 Å². The van der Waals surface area contributed by atoms with Gasteiger partial charge in [0.1, 0.15) is 29.4 Å². The number of hydrogen-bond acceptors (Lipinski definition) is 6. The Hall–Kier alpha value is -2.52. The minimum absolute atomic E-state index is 0.0653. The lowest BCUT2D eigenvalue weighted by Crippen LogP contribution is -2.38. The van der Waals surface area contributed by atoms with Crippen LogP contribution in [0.5, 0.6) is 5.75 Å². The maximum Gasteiger partial charge on any atom is 0.261 e. The lowest BCUT2D eigenvalue weighted by Gasteiger charge is -2.31. The molecule has 0 radical (unpaired) electrons. The third-order valence-electron chi connectivity index (χ3n) is 5.95. The average molecular weight is 464 g/mol. The second-order valence-electron chi connectivity index (χ2n) is 8.20. The summed E-state index contributed by atoms with van der Waals surface area (Å²) >= 11 is 0. The Bertz CT molecular complexity index is 982. The van der Waals surface area contributed by atoms with Gasteiger partial charge in [-0.05, 0) is 31.6 Å². The number of nitrogens with one attached hydrogen (secondary N) is 1. The molecular formula is C24H34FN3O5. The number of likely N-dealkylation sites (tertiary alicyclic amines) is 1. The number of carbonyl (C=O) groups excluding carboxylic acids is 1. The Labute approximate surface area is 193 Å². The van der Waals surface area contributed by atoms with E-state index in [0.717, 1.165) is 25.7 Å². The molecule has 2 aliphatic heterocycles. The lowest BCUT2D eigenvalue weighted by atomic mass is 9.98. The highest BCUT2D eigenvalue weighted by Crippen LogP contribution is 2.24. The lowest BCUT2D eigenvalue weighted by molar-refractivity contribution is -0.130. The fraction of sp³-hybridized carbons (Fsp3) is 0.625. The Morgan fingerprint density at radius 1 is 1.21 bits per heavy atom. The van der Waals surface area contributed by atoms with Gasteiger partial charge in [0.25, 0.3) is 5.56 Å². The van der Waals surface area contributed by atoms with Crippen molar-refractivity contribution < 1.29 is 23.4 Å². The maximum absolute atomic E-state index is 14.6. The van der Waals surface area contributed by atoms with E-state index in [1.807, 2.05) is 18.7 Å². The molecule has 0 bridgehead atoms. The van der Waals surface area contributed by atoms with Crippen molar-refractivity contribution in [2.24, 2.45) is 5.92 Å². The summed E-state index contributed by atoms with van der Waals surface area (Å²) in [5, 5.41) is -0.0862. The number of fused-ring (bicyclic) bond motifs is 1. The number of amides is 1. The van der Waals surface area contributed by atoms with Gasteiger partial charge in [-0.25, -0.2) is 9.37 Å². The summed E-state index contributed by atoms with van der Waals surface area (Å²) in [4.78, 5) is 32.7. The Morgan fingerprint density at radius 2 is 1.91 bits per heavy atom. The molecule has 2 fully saturated rings. The molecule has 1 aromatic carbocycles. The zero-order chi connectivity index (χ0) is 23.8. The van der Waals surface area contributed by atoms with Gasteiger partial charge in [-0.1, -0.05) is 13.8 Å². The number of benzene rings is 1. The van der Waals surface area contributed by atoms with Crippen molar-refractivity contribution in [1.29, 1.82) is 0 Å². The van der Waals surface area contributed by atoms with Crippen LogP contribution in [0.4, 0.5) is 4.39 Å². The van der Waals surface area contributed by atoms with Gasteiger partial charge in [0.2, 0.25) is 5.91 Å². The molecule has 9 heteroatoms. The van der Waals surface area contributed by atoms with E-state index in [1.54, 1.807) is 13.0 Å². The number of aromatic amines is 1. The predicted octanol–water partition coefficient (Wildman–Crippen LogP) is 3.42. The number of aromatic nitrogens is 2. The number of H-pyrrole nitrogens is 1. The molecule has 2 aliphatic rings. The van der Waals surface area contributed by atoms with Crippen molar-refractivity contribution in [1.82, 2.24) is 14.9 Å². The van der Waals surface area contributed by atoms with Crippen molar-refractivity contribution in [2.75, 3.05) is 32.9 Å². The third-order valence-corrected chi connectivity index (χ3v) is 5.95. The highest BCUT2D eigenvalue weighted by Gasteiger charge is 2.22. The molecule has 182 valence electrons. The van der Waals surface area contributed by atoms with Crippen molar-refractivity contribution >= 4 is 16.8 Å². The normalized spacial score (nSPS) is 17.5. The second kappa shape index (κ2) is 12.1. The zero-order valence-electron chi connectivity index (χ0n) is 19.7. The van der Waals surface area contributed by atoms with E-state index in [4.69, 9.17) is 14.2 Å². The smallest absolute Gasteiger partial charge is 0.261 e. The number of nitrogens with zero attached hydrogens (tertiary/aromatic N) is 2. The van der Waals surface area contributed by atoms with Gasteiger partial charge in [-0.2, -0.15) is 0 Å². The Kier molecular flexibility index (Phi) is 9.20.